The van der Waals surface area contributed by atoms with Gasteiger partial charge in [0, 0.05) is 17.1 Å². The lowest BCUT2D eigenvalue weighted by molar-refractivity contribution is 0.0238. The molecule has 1 aromatic rings. The van der Waals surface area contributed by atoms with Gasteiger partial charge in [-0.25, -0.2) is 0 Å². The Hall–Kier alpha value is -0.610. The molecule has 1 aliphatic rings. The van der Waals surface area contributed by atoms with Gasteiger partial charge in [0.1, 0.15) is 0 Å². The molecule has 3 nitrogen and oxygen atoms in total. The van der Waals surface area contributed by atoms with Crippen molar-refractivity contribution in [3.05, 3.63) is 34.9 Å². The fourth-order valence-corrected chi connectivity index (χ4v) is 2.95. The van der Waals surface area contributed by atoms with Gasteiger partial charge in [0.2, 0.25) is 0 Å². The van der Waals surface area contributed by atoms with E-state index in [-0.39, 0.29) is 5.54 Å². The highest BCUT2D eigenvalue weighted by Crippen LogP contribution is 2.27. The third kappa shape index (κ3) is 5.95. The summed E-state index contributed by atoms with van der Waals surface area (Å²) >= 11 is 5.84. The van der Waals surface area contributed by atoms with Crippen molar-refractivity contribution in [3.63, 3.8) is 0 Å². The number of aliphatic hydroxyl groups is 1. The lowest BCUT2D eigenvalue weighted by atomic mass is 9.83. The smallest absolute Gasteiger partial charge is 0.0898 e. The zero-order valence-electron chi connectivity index (χ0n) is 12.8. The van der Waals surface area contributed by atoms with Gasteiger partial charge in [-0.15, -0.1) is 0 Å². The van der Waals surface area contributed by atoms with Gasteiger partial charge in [-0.05, 0) is 37.5 Å². The second-order valence-electron chi connectivity index (χ2n) is 6.30. The van der Waals surface area contributed by atoms with Gasteiger partial charge < -0.3 is 15.2 Å². The zero-order valence-corrected chi connectivity index (χ0v) is 13.5. The van der Waals surface area contributed by atoms with Crippen molar-refractivity contribution in [1.29, 1.82) is 0 Å². The predicted octanol–water partition coefficient (Wildman–Crippen LogP) is 3.53. The average Bonchev–Trinajstić information content (AvgIpc) is 2.48. The lowest BCUT2D eigenvalue weighted by Crippen LogP contribution is -2.47. The molecule has 1 unspecified atom stereocenters. The lowest BCUT2D eigenvalue weighted by Gasteiger charge is -2.35. The normalized spacial score (nSPS) is 19.4. The molecule has 1 saturated carbocycles. The Morgan fingerprint density at radius 3 is 2.57 bits per heavy atom. The molecule has 0 aliphatic heterocycles. The van der Waals surface area contributed by atoms with E-state index in [0.717, 1.165) is 10.6 Å². The maximum absolute atomic E-state index is 10.0. The van der Waals surface area contributed by atoms with E-state index in [1.54, 1.807) is 0 Å². The summed E-state index contributed by atoms with van der Waals surface area (Å²) < 4.78 is 5.56. The standard InChI is InChI=1S/C17H26ClNO2/c1-17(9-3-2-4-10-17)19-11-16(20)13-21-12-14-5-7-15(18)8-6-14/h5-8,16,19-20H,2-4,9-13H2,1H3. The molecule has 118 valence electrons. The van der Waals surface area contributed by atoms with Gasteiger partial charge in [0.15, 0.2) is 0 Å². The summed E-state index contributed by atoms with van der Waals surface area (Å²) in [7, 11) is 0. The SMILES string of the molecule is CC1(NCC(O)COCc2ccc(Cl)cc2)CCCCC1. The Morgan fingerprint density at radius 1 is 1.24 bits per heavy atom. The molecule has 4 heteroatoms. The van der Waals surface area contributed by atoms with E-state index in [1.807, 2.05) is 24.3 Å². The van der Waals surface area contributed by atoms with Crippen LogP contribution in [0.4, 0.5) is 0 Å². The quantitative estimate of drug-likeness (QED) is 0.809. The Bertz CT molecular complexity index is 415. The average molecular weight is 312 g/mol. The van der Waals surface area contributed by atoms with E-state index in [1.165, 1.54) is 32.1 Å². The second-order valence-corrected chi connectivity index (χ2v) is 6.73. The van der Waals surface area contributed by atoms with Crippen LogP contribution in [0.25, 0.3) is 0 Å². The Labute approximate surface area is 132 Å². The molecule has 2 rings (SSSR count). The van der Waals surface area contributed by atoms with Crippen LogP contribution in [-0.4, -0.2) is 29.9 Å². The highest BCUT2D eigenvalue weighted by atomic mass is 35.5. The zero-order chi connectivity index (χ0) is 15.1. The first-order valence-corrected chi connectivity index (χ1v) is 8.20. The third-order valence-corrected chi connectivity index (χ3v) is 4.47. The van der Waals surface area contributed by atoms with Crippen molar-refractivity contribution in [2.45, 2.75) is 57.3 Å². The number of hydrogen-bond donors (Lipinski definition) is 2. The number of rotatable bonds is 7. The number of nitrogens with one attached hydrogen (secondary N) is 1. The van der Waals surface area contributed by atoms with E-state index in [2.05, 4.69) is 12.2 Å². The summed E-state index contributed by atoms with van der Waals surface area (Å²) in [6.45, 7) is 3.71. The number of hydrogen-bond acceptors (Lipinski definition) is 3. The van der Waals surface area contributed by atoms with Crippen molar-refractivity contribution in [2.75, 3.05) is 13.2 Å². The van der Waals surface area contributed by atoms with Gasteiger partial charge in [-0.2, -0.15) is 0 Å². The van der Waals surface area contributed by atoms with Gasteiger partial charge in [-0.3, -0.25) is 0 Å². The van der Waals surface area contributed by atoms with Crippen LogP contribution in [0.1, 0.15) is 44.6 Å². The van der Waals surface area contributed by atoms with E-state index in [0.29, 0.717) is 19.8 Å². The molecule has 0 saturated heterocycles. The first-order chi connectivity index (χ1) is 10.1. The Balaban J connectivity index is 1.63. The molecule has 0 radical (unpaired) electrons. The Morgan fingerprint density at radius 2 is 1.90 bits per heavy atom. The summed E-state index contributed by atoms with van der Waals surface area (Å²) in [4.78, 5) is 0. The van der Waals surface area contributed by atoms with Gasteiger partial charge in [-0.1, -0.05) is 43.0 Å². The minimum Gasteiger partial charge on any atom is -0.389 e. The summed E-state index contributed by atoms with van der Waals surface area (Å²) in [5.74, 6) is 0. The first-order valence-electron chi connectivity index (χ1n) is 7.83. The summed E-state index contributed by atoms with van der Waals surface area (Å²) in [5, 5.41) is 14.2. The van der Waals surface area contributed by atoms with E-state index < -0.39 is 6.10 Å². The van der Waals surface area contributed by atoms with Crippen LogP contribution in [0.2, 0.25) is 5.02 Å². The van der Waals surface area contributed by atoms with E-state index >= 15 is 0 Å². The maximum Gasteiger partial charge on any atom is 0.0898 e. The predicted molar refractivity (Wildman–Crippen MR) is 86.6 cm³/mol. The fraction of sp³-hybridized carbons (Fsp3) is 0.647. The molecule has 21 heavy (non-hydrogen) atoms. The molecule has 0 bridgehead atoms. The molecule has 0 amide bonds. The molecule has 0 aromatic heterocycles. The van der Waals surface area contributed by atoms with E-state index in [4.69, 9.17) is 16.3 Å². The van der Waals surface area contributed by atoms with Crippen molar-refractivity contribution in [1.82, 2.24) is 5.32 Å². The number of benzene rings is 1. The van der Waals surface area contributed by atoms with Crippen LogP contribution >= 0.6 is 11.6 Å². The largest absolute Gasteiger partial charge is 0.389 e. The number of halogens is 1. The summed E-state index contributed by atoms with van der Waals surface area (Å²) in [6.07, 6.45) is 5.84. The molecule has 1 aromatic carbocycles. The van der Waals surface area contributed by atoms with Crippen molar-refractivity contribution >= 4 is 11.6 Å². The van der Waals surface area contributed by atoms with Crippen LogP contribution in [0.3, 0.4) is 0 Å². The molecular formula is C17H26ClNO2. The van der Waals surface area contributed by atoms with Gasteiger partial charge in [0.25, 0.3) is 0 Å². The minimum absolute atomic E-state index is 0.190. The molecular weight excluding hydrogens is 286 g/mol. The van der Waals surface area contributed by atoms with Crippen molar-refractivity contribution < 1.29 is 9.84 Å². The topological polar surface area (TPSA) is 41.5 Å². The second kappa shape index (κ2) is 8.14. The third-order valence-electron chi connectivity index (χ3n) is 4.21. The number of β-amino-alcohol motifs (C(OH)–C–C–N with tert-alkyl or cyclic N) is 1. The van der Waals surface area contributed by atoms with Crippen LogP contribution in [0.15, 0.2) is 24.3 Å². The summed E-state index contributed by atoms with van der Waals surface area (Å²) in [5.41, 5.74) is 1.26. The maximum atomic E-state index is 10.0. The molecule has 0 heterocycles. The summed E-state index contributed by atoms with van der Waals surface area (Å²) in [6, 6.07) is 7.58. The van der Waals surface area contributed by atoms with Crippen LogP contribution in [0.5, 0.6) is 0 Å². The van der Waals surface area contributed by atoms with Gasteiger partial charge in [0.05, 0.1) is 19.3 Å². The molecule has 0 spiro atoms. The van der Waals surface area contributed by atoms with Crippen LogP contribution in [-0.2, 0) is 11.3 Å². The van der Waals surface area contributed by atoms with Crippen LogP contribution < -0.4 is 5.32 Å². The monoisotopic (exact) mass is 311 g/mol. The molecule has 1 aliphatic carbocycles. The van der Waals surface area contributed by atoms with E-state index in [9.17, 15) is 5.11 Å². The van der Waals surface area contributed by atoms with Gasteiger partial charge >= 0.3 is 0 Å². The van der Waals surface area contributed by atoms with Crippen molar-refractivity contribution in [2.24, 2.45) is 0 Å². The highest BCUT2D eigenvalue weighted by Gasteiger charge is 2.26. The molecule has 1 fully saturated rings. The highest BCUT2D eigenvalue weighted by molar-refractivity contribution is 6.30. The first kappa shape index (κ1) is 16.8. The molecule has 2 N–H and O–H groups in total. The number of ether oxygens (including phenoxy) is 1. The number of aliphatic hydroxyl groups excluding tert-OH is 1. The Kier molecular flexibility index (Phi) is 6.49. The van der Waals surface area contributed by atoms with Crippen molar-refractivity contribution in [3.8, 4) is 0 Å². The molecule has 1 atom stereocenters. The fourth-order valence-electron chi connectivity index (χ4n) is 2.83. The van der Waals surface area contributed by atoms with Crippen LogP contribution in [0, 0.1) is 0 Å². The minimum atomic E-state index is -0.462.